The highest BCUT2D eigenvalue weighted by molar-refractivity contribution is 7.11. The fourth-order valence-corrected chi connectivity index (χ4v) is 3.94. The van der Waals surface area contributed by atoms with Crippen molar-refractivity contribution in [3.63, 3.8) is 0 Å². The van der Waals surface area contributed by atoms with Crippen LogP contribution in [0.1, 0.15) is 13.3 Å². The zero-order valence-electron chi connectivity index (χ0n) is 20.9. The largest absolute Gasteiger partial charge is 0.494 e. The Labute approximate surface area is 220 Å². The predicted molar refractivity (Wildman–Crippen MR) is 139 cm³/mol. The Morgan fingerprint density at radius 1 is 1.08 bits per heavy atom. The van der Waals surface area contributed by atoms with E-state index in [9.17, 15) is 24.5 Å². The first-order valence-electron chi connectivity index (χ1n) is 11.1. The van der Waals surface area contributed by atoms with Crippen molar-refractivity contribution >= 4 is 68.0 Å². The standard InChI is InChI=1S/C23H24N6O8S/c1-5-20(30)24-16-9-18(28(11-21(31)36-3)12-22(32)37-4)19(35-2)10-17(16)25-26-23-14-8-13(29(33)34)6-7-15(14)27-38-23/h6-10H,5,11-12H2,1-4H3,(H,24,30). The fraction of sp³-hybridized carbons (Fsp3) is 0.304. The summed E-state index contributed by atoms with van der Waals surface area (Å²) in [6.07, 6.45) is 0.162. The smallest absolute Gasteiger partial charge is 0.325 e. The molecular weight excluding hydrogens is 520 g/mol. The normalized spacial score (nSPS) is 10.8. The van der Waals surface area contributed by atoms with Crippen LogP contribution in [-0.2, 0) is 23.9 Å². The van der Waals surface area contributed by atoms with Crippen molar-refractivity contribution in [2.24, 2.45) is 10.2 Å². The van der Waals surface area contributed by atoms with E-state index in [1.54, 1.807) is 6.92 Å². The molecular formula is C23H24N6O8S. The number of methoxy groups -OCH3 is 3. The van der Waals surface area contributed by atoms with Gasteiger partial charge < -0.3 is 24.4 Å². The highest BCUT2D eigenvalue weighted by Crippen LogP contribution is 2.41. The summed E-state index contributed by atoms with van der Waals surface area (Å²) in [6.45, 7) is 1.05. The van der Waals surface area contributed by atoms with E-state index in [0.717, 1.165) is 11.5 Å². The number of nitro benzene ring substituents is 1. The molecule has 15 heteroatoms. The number of ether oxygens (including phenoxy) is 3. The maximum absolute atomic E-state index is 12.3. The number of aromatic nitrogens is 1. The number of nitrogens with one attached hydrogen (secondary N) is 1. The van der Waals surface area contributed by atoms with Crippen LogP contribution in [0.2, 0.25) is 0 Å². The number of hydrogen-bond donors (Lipinski definition) is 1. The third kappa shape index (κ3) is 6.56. The first-order valence-corrected chi connectivity index (χ1v) is 11.8. The number of esters is 2. The number of anilines is 2. The molecule has 1 amide bonds. The molecule has 1 N–H and O–H groups in total. The molecule has 200 valence electrons. The molecule has 0 bridgehead atoms. The fourth-order valence-electron chi connectivity index (χ4n) is 3.26. The Kier molecular flexibility index (Phi) is 9.21. The van der Waals surface area contributed by atoms with Gasteiger partial charge in [-0.15, -0.1) is 10.2 Å². The maximum atomic E-state index is 12.3. The van der Waals surface area contributed by atoms with E-state index in [1.165, 1.54) is 56.6 Å². The summed E-state index contributed by atoms with van der Waals surface area (Å²) in [5, 5.41) is 23.1. The van der Waals surface area contributed by atoms with Crippen LogP contribution in [0, 0.1) is 10.1 Å². The summed E-state index contributed by atoms with van der Waals surface area (Å²) in [5.74, 6) is -1.36. The van der Waals surface area contributed by atoms with Crippen LogP contribution in [0.15, 0.2) is 40.6 Å². The van der Waals surface area contributed by atoms with E-state index in [4.69, 9.17) is 14.2 Å². The highest BCUT2D eigenvalue weighted by Gasteiger charge is 2.22. The molecule has 1 aromatic heterocycles. The topological polar surface area (TPSA) is 175 Å². The zero-order chi connectivity index (χ0) is 27.8. The van der Waals surface area contributed by atoms with Gasteiger partial charge in [0.1, 0.15) is 24.5 Å². The number of rotatable bonds is 11. The molecule has 2 aromatic carbocycles. The van der Waals surface area contributed by atoms with Gasteiger partial charge in [-0.25, -0.2) is 0 Å². The van der Waals surface area contributed by atoms with Gasteiger partial charge in [0.15, 0.2) is 5.00 Å². The van der Waals surface area contributed by atoms with Crippen molar-refractivity contribution in [3.05, 3.63) is 40.4 Å². The Hall–Kier alpha value is -4.66. The SMILES string of the molecule is CCC(=O)Nc1cc(N(CC(=O)OC)CC(=O)OC)c(OC)cc1N=Nc1snc2ccc([N+](=O)[O-])cc12. The number of non-ortho nitro benzene ring substituents is 1. The van der Waals surface area contributed by atoms with Crippen molar-refractivity contribution in [2.75, 3.05) is 44.6 Å². The molecule has 1 heterocycles. The molecule has 0 radical (unpaired) electrons. The number of fused-ring (bicyclic) bond motifs is 1. The number of amides is 1. The quantitative estimate of drug-likeness (QED) is 0.160. The summed E-state index contributed by atoms with van der Waals surface area (Å²) in [5.41, 5.74) is 1.09. The first-order chi connectivity index (χ1) is 18.2. The molecule has 3 aromatic rings. The van der Waals surface area contributed by atoms with Crippen molar-refractivity contribution in [1.29, 1.82) is 0 Å². The van der Waals surface area contributed by atoms with Gasteiger partial charge in [0.05, 0.1) is 43.1 Å². The molecule has 14 nitrogen and oxygen atoms in total. The third-order valence-electron chi connectivity index (χ3n) is 5.23. The second-order valence-electron chi connectivity index (χ2n) is 7.60. The van der Waals surface area contributed by atoms with Gasteiger partial charge in [0, 0.05) is 30.0 Å². The number of azo groups is 1. The van der Waals surface area contributed by atoms with Gasteiger partial charge in [0.25, 0.3) is 5.69 Å². The summed E-state index contributed by atoms with van der Waals surface area (Å²) in [6, 6.07) is 7.18. The van der Waals surface area contributed by atoms with Crippen LogP contribution in [-0.4, -0.2) is 61.6 Å². The van der Waals surface area contributed by atoms with E-state index >= 15 is 0 Å². The lowest BCUT2D eigenvalue weighted by Gasteiger charge is -2.25. The van der Waals surface area contributed by atoms with Crippen LogP contribution < -0.4 is 15.0 Å². The molecule has 0 aliphatic carbocycles. The molecule has 0 atom stereocenters. The lowest BCUT2D eigenvalue weighted by atomic mass is 10.2. The summed E-state index contributed by atoms with van der Waals surface area (Å²) in [7, 11) is 3.81. The number of hydrogen-bond acceptors (Lipinski definition) is 13. The molecule has 0 spiro atoms. The van der Waals surface area contributed by atoms with E-state index in [-0.39, 0.29) is 53.9 Å². The molecule has 0 saturated heterocycles. The second-order valence-corrected chi connectivity index (χ2v) is 8.35. The lowest BCUT2D eigenvalue weighted by Crippen LogP contribution is -2.36. The number of benzene rings is 2. The average molecular weight is 545 g/mol. The monoisotopic (exact) mass is 544 g/mol. The van der Waals surface area contributed by atoms with Gasteiger partial charge >= 0.3 is 11.9 Å². The Morgan fingerprint density at radius 3 is 2.34 bits per heavy atom. The average Bonchev–Trinajstić information content (AvgIpc) is 3.33. The number of nitrogens with zero attached hydrogens (tertiary/aromatic N) is 5. The van der Waals surface area contributed by atoms with Crippen LogP contribution in [0.3, 0.4) is 0 Å². The second kappa shape index (κ2) is 12.5. The maximum Gasteiger partial charge on any atom is 0.325 e. The van der Waals surface area contributed by atoms with Gasteiger partial charge in [-0.2, -0.15) is 4.37 Å². The van der Waals surface area contributed by atoms with Gasteiger partial charge in [-0.05, 0) is 23.7 Å². The molecule has 0 unspecified atom stereocenters. The lowest BCUT2D eigenvalue weighted by molar-refractivity contribution is -0.384. The van der Waals surface area contributed by atoms with Crippen LogP contribution in [0.25, 0.3) is 10.9 Å². The van der Waals surface area contributed by atoms with Gasteiger partial charge in [-0.1, -0.05) is 6.92 Å². The minimum absolute atomic E-state index is 0.118. The highest BCUT2D eigenvalue weighted by atomic mass is 32.1. The van der Waals surface area contributed by atoms with Gasteiger partial charge in [0.2, 0.25) is 5.91 Å². The minimum atomic E-state index is -0.620. The zero-order valence-corrected chi connectivity index (χ0v) is 21.7. The van der Waals surface area contributed by atoms with Crippen LogP contribution >= 0.6 is 11.5 Å². The van der Waals surface area contributed by atoms with Crippen molar-refractivity contribution < 1.29 is 33.5 Å². The van der Waals surface area contributed by atoms with Crippen molar-refractivity contribution in [2.45, 2.75) is 13.3 Å². The Bertz CT molecular complexity index is 1390. The molecule has 0 aliphatic heterocycles. The molecule has 38 heavy (non-hydrogen) atoms. The first kappa shape index (κ1) is 27.9. The summed E-state index contributed by atoms with van der Waals surface area (Å²) < 4.78 is 19.2. The third-order valence-corrected chi connectivity index (χ3v) is 5.99. The van der Waals surface area contributed by atoms with Gasteiger partial charge in [-0.3, -0.25) is 24.5 Å². The number of carbonyl (C=O) groups excluding carboxylic acids is 3. The molecule has 0 saturated carbocycles. The summed E-state index contributed by atoms with van der Waals surface area (Å²) >= 11 is 1.00. The van der Waals surface area contributed by atoms with E-state index < -0.39 is 16.9 Å². The van der Waals surface area contributed by atoms with Crippen molar-refractivity contribution in [3.8, 4) is 5.75 Å². The predicted octanol–water partition coefficient (Wildman–Crippen LogP) is 4.13. The summed E-state index contributed by atoms with van der Waals surface area (Å²) in [4.78, 5) is 48.4. The van der Waals surface area contributed by atoms with Crippen molar-refractivity contribution in [1.82, 2.24) is 4.37 Å². The molecule has 0 fully saturated rings. The van der Waals surface area contributed by atoms with Crippen LogP contribution in [0.5, 0.6) is 5.75 Å². The number of nitro groups is 1. The molecule has 0 aliphatic rings. The minimum Gasteiger partial charge on any atom is -0.494 e. The van der Waals surface area contributed by atoms with Crippen LogP contribution in [0.4, 0.5) is 27.8 Å². The Morgan fingerprint density at radius 2 is 1.76 bits per heavy atom. The van der Waals surface area contributed by atoms with E-state index in [1.807, 2.05) is 0 Å². The van der Waals surface area contributed by atoms with E-state index in [0.29, 0.717) is 15.9 Å². The number of carbonyl (C=O) groups is 3. The van der Waals surface area contributed by atoms with E-state index in [2.05, 4.69) is 19.9 Å². The Balaban J connectivity index is 2.11. The molecule has 3 rings (SSSR count).